The molecule has 68 valence electrons. The molecule has 0 aliphatic carbocycles. The SMILES string of the molecule is CCC(C)(C)C(O)c1cccs1. The van der Waals surface area contributed by atoms with Gasteiger partial charge in [-0.3, -0.25) is 0 Å². The molecule has 0 aliphatic rings. The highest BCUT2D eigenvalue weighted by atomic mass is 32.1. The van der Waals surface area contributed by atoms with Crippen molar-refractivity contribution in [1.82, 2.24) is 0 Å². The maximum absolute atomic E-state index is 9.95. The quantitative estimate of drug-likeness (QED) is 0.764. The molecule has 1 aromatic rings. The van der Waals surface area contributed by atoms with Gasteiger partial charge in [-0.05, 0) is 23.3 Å². The second-order valence-corrected chi connectivity index (χ2v) is 4.74. The molecule has 0 amide bonds. The van der Waals surface area contributed by atoms with Crippen LogP contribution in [0.5, 0.6) is 0 Å². The summed E-state index contributed by atoms with van der Waals surface area (Å²) >= 11 is 1.62. The monoisotopic (exact) mass is 184 g/mol. The van der Waals surface area contributed by atoms with Crippen LogP contribution in [0.15, 0.2) is 17.5 Å². The summed E-state index contributed by atoms with van der Waals surface area (Å²) in [5.41, 5.74) is -0.00907. The molecule has 0 aliphatic heterocycles. The first-order chi connectivity index (χ1) is 5.58. The lowest BCUT2D eigenvalue weighted by Gasteiger charge is -2.28. The largest absolute Gasteiger partial charge is 0.387 e. The van der Waals surface area contributed by atoms with Crippen LogP contribution in [0.25, 0.3) is 0 Å². The fourth-order valence-corrected chi connectivity index (χ4v) is 1.94. The van der Waals surface area contributed by atoms with E-state index in [-0.39, 0.29) is 11.5 Å². The Morgan fingerprint density at radius 1 is 1.58 bits per heavy atom. The van der Waals surface area contributed by atoms with E-state index < -0.39 is 0 Å². The van der Waals surface area contributed by atoms with Gasteiger partial charge in [0, 0.05) is 4.88 Å². The second kappa shape index (κ2) is 3.58. The smallest absolute Gasteiger partial charge is 0.0932 e. The van der Waals surface area contributed by atoms with Crippen LogP contribution in [0.4, 0.5) is 0 Å². The molecule has 1 aromatic heterocycles. The third-order valence-electron chi connectivity index (χ3n) is 2.46. The van der Waals surface area contributed by atoms with Crippen molar-refractivity contribution >= 4 is 11.3 Å². The van der Waals surface area contributed by atoms with Crippen LogP contribution in [-0.4, -0.2) is 5.11 Å². The van der Waals surface area contributed by atoms with E-state index in [1.54, 1.807) is 11.3 Å². The molecule has 0 fully saturated rings. The van der Waals surface area contributed by atoms with Gasteiger partial charge in [0.25, 0.3) is 0 Å². The lowest BCUT2D eigenvalue weighted by atomic mass is 9.83. The summed E-state index contributed by atoms with van der Waals surface area (Å²) in [5, 5.41) is 12.0. The summed E-state index contributed by atoms with van der Waals surface area (Å²) in [7, 11) is 0. The van der Waals surface area contributed by atoms with E-state index in [0.717, 1.165) is 11.3 Å². The van der Waals surface area contributed by atoms with Gasteiger partial charge in [0.15, 0.2) is 0 Å². The minimum absolute atomic E-state index is 0.00907. The minimum Gasteiger partial charge on any atom is -0.387 e. The van der Waals surface area contributed by atoms with Gasteiger partial charge >= 0.3 is 0 Å². The average molecular weight is 184 g/mol. The Labute approximate surface area is 78.1 Å². The zero-order valence-corrected chi connectivity index (χ0v) is 8.69. The predicted molar refractivity (Wildman–Crippen MR) is 53.4 cm³/mol. The molecular weight excluding hydrogens is 168 g/mol. The maximum atomic E-state index is 9.95. The van der Waals surface area contributed by atoms with E-state index in [1.165, 1.54) is 0 Å². The van der Waals surface area contributed by atoms with Gasteiger partial charge in [-0.1, -0.05) is 26.8 Å². The Bertz CT molecular complexity index is 226. The van der Waals surface area contributed by atoms with Crippen LogP contribution in [0, 0.1) is 5.41 Å². The van der Waals surface area contributed by atoms with E-state index in [0.29, 0.717) is 0 Å². The van der Waals surface area contributed by atoms with Crippen molar-refractivity contribution < 1.29 is 5.11 Å². The Kier molecular flexibility index (Phi) is 2.91. The summed E-state index contributed by atoms with van der Waals surface area (Å²) in [6, 6.07) is 3.97. The number of hydrogen-bond acceptors (Lipinski definition) is 2. The molecule has 0 radical (unpaired) electrons. The molecular formula is C10H16OS. The fraction of sp³-hybridized carbons (Fsp3) is 0.600. The van der Waals surface area contributed by atoms with E-state index in [1.807, 2.05) is 17.5 Å². The van der Waals surface area contributed by atoms with Crippen LogP contribution < -0.4 is 0 Å². The Balaban J connectivity index is 2.78. The standard InChI is InChI=1S/C10H16OS/c1-4-10(2,3)9(11)8-6-5-7-12-8/h5-7,9,11H,4H2,1-3H3. The molecule has 1 rings (SSSR count). The van der Waals surface area contributed by atoms with Gasteiger partial charge < -0.3 is 5.11 Å². The highest BCUT2D eigenvalue weighted by Gasteiger charge is 2.27. The first-order valence-electron chi connectivity index (χ1n) is 4.29. The van der Waals surface area contributed by atoms with Crippen LogP contribution in [0.1, 0.15) is 38.2 Å². The average Bonchev–Trinajstić information content (AvgIpc) is 2.55. The van der Waals surface area contributed by atoms with Crippen LogP contribution in [-0.2, 0) is 0 Å². The zero-order chi connectivity index (χ0) is 9.19. The second-order valence-electron chi connectivity index (χ2n) is 3.76. The summed E-state index contributed by atoms with van der Waals surface area (Å²) in [5.74, 6) is 0. The van der Waals surface area contributed by atoms with E-state index in [4.69, 9.17) is 0 Å². The van der Waals surface area contributed by atoms with E-state index >= 15 is 0 Å². The molecule has 1 atom stereocenters. The molecule has 1 heterocycles. The fourth-order valence-electron chi connectivity index (χ4n) is 1.03. The van der Waals surface area contributed by atoms with Crippen molar-refractivity contribution in [3.63, 3.8) is 0 Å². The third-order valence-corrected chi connectivity index (χ3v) is 3.39. The van der Waals surface area contributed by atoms with Gasteiger partial charge in [0.1, 0.15) is 0 Å². The summed E-state index contributed by atoms with van der Waals surface area (Å²) < 4.78 is 0. The number of aliphatic hydroxyl groups is 1. The molecule has 0 bridgehead atoms. The molecule has 1 N–H and O–H groups in total. The maximum Gasteiger partial charge on any atom is 0.0932 e. The number of hydrogen-bond donors (Lipinski definition) is 1. The lowest BCUT2D eigenvalue weighted by Crippen LogP contribution is -2.19. The van der Waals surface area contributed by atoms with Crippen LogP contribution in [0.3, 0.4) is 0 Å². The van der Waals surface area contributed by atoms with Crippen molar-refractivity contribution in [2.75, 3.05) is 0 Å². The first kappa shape index (κ1) is 9.75. The molecule has 2 heteroatoms. The summed E-state index contributed by atoms with van der Waals surface area (Å²) in [4.78, 5) is 1.07. The molecule has 0 spiro atoms. The third kappa shape index (κ3) is 1.87. The van der Waals surface area contributed by atoms with Gasteiger partial charge in [-0.25, -0.2) is 0 Å². The molecule has 12 heavy (non-hydrogen) atoms. The Morgan fingerprint density at radius 2 is 2.25 bits per heavy atom. The first-order valence-corrected chi connectivity index (χ1v) is 5.17. The van der Waals surface area contributed by atoms with Crippen molar-refractivity contribution in [3.05, 3.63) is 22.4 Å². The van der Waals surface area contributed by atoms with Crippen molar-refractivity contribution in [2.24, 2.45) is 5.41 Å². The van der Waals surface area contributed by atoms with Crippen LogP contribution in [0.2, 0.25) is 0 Å². The predicted octanol–water partition coefficient (Wildman–Crippen LogP) is 3.22. The highest BCUT2D eigenvalue weighted by molar-refractivity contribution is 7.10. The molecule has 0 saturated heterocycles. The van der Waals surface area contributed by atoms with Crippen LogP contribution >= 0.6 is 11.3 Å². The zero-order valence-electron chi connectivity index (χ0n) is 7.87. The van der Waals surface area contributed by atoms with Gasteiger partial charge in [-0.15, -0.1) is 11.3 Å². The van der Waals surface area contributed by atoms with E-state index in [9.17, 15) is 5.11 Å². The number of rotatable bonds is 3. The molecule has 1 nitrogen and oxygen atoms in total. The Hall–Kier alpha value is -0.340. The Morgan fingerprint density at radius 3 is 2.67 bits per heavy atom. The summed E-state index contributed by atoms with van der Waals surface area (Å²) in [6.45, 7) is 6.30. The van der Waals surface area contributed by atoms with Gasteiger partial charge in [-0.2, -0.15) is 0 Å². The highest BCUT2D eigenvalue weighted by Crippen LogP contribution is 2.37. The lowest BCUT2D eigenvalue weighted by molar-refractivity contribution is 0.0495. The molecule has 1 unspecified atom stereocenters. The number of aliphatic hydroxyl groups excluding tert-OH is 1. The van der Waals surface area contributed by atoms with Crippen molar-refractivity contribution in [2.45, 2.75) is 33.3 Å². The van der Waals surface area contributed by atoms with E-state index in [2.05, 4.69) is 20.8 Å². The van der Waals surface area contributed by atoms with Crippen molar-refractivity contribution in [1.29, 1.82) is 0 Å². The molecule has 0 aromatic carbocycles. The summed E-state index contributed by atoms with van der Waals surface area (Å²) in [6.07, 6.45) is 0.675. The topological polar surface area (TPSA) is 20.2 Å². The van der Waals surface area contributed by atoms with Gasteiger partial charge in [0.05, 0.1) is 6.10 Å². The van der Waals surface area contributed by atoms with Crippen molar-refractivity contribution in [3.8, 4) is 0 Å². The normalized spacial score (nSPS) is 14.7. The molecule has 0 saturated carbocycles. The minimum atomic E-state index is -0.317. The van der Waals surface area contributed by atoms with Gasteiger partial charge in [0.2, 0.25) is 0 Å². The number of thiophene rings is 1.